The molecule has 1 aromatic rings. The Morgan fingerprint density at radius 1 is 1.38 bits per heavy atom. The van der Waals surface area contributed by atoms with Crippen LogP contribution >= 0.6 is 0 Å². The Morgan fingerprint density at radius 3 is 2.43 bits per heavy atom. The molecule has 0 aliphatic rings. The van der Waals surface area contributed by atoms with Crippen LogP contribution in [0, 0.1) is 10.1 Å². The van der Waals surface area contributed by atoms with E-state index < -0.39 is 41.0 Å². The van der Waals surface area contributed by atoms with Crippen LogP contribution in [0.15, 0.2) is 6.20 Å². The van der Waals surface area contributed by atoms with Crippen molar-refractivity contribution in [2.24, 2.45) is 0 Å². The van der Waals surface area contributed by atoms with Gasteiger partial charge in [0.1, 0.15) is 6.20 Å². The Labute approximate surface area is 115 Å². The molecule has 1 heterocycles. The van der Waals surface area contributed by atoms with Crippen LogP contribution in [0.5, 0.6) is 11.5 Å². The first-order valence-electron chi connectivity index (χ1n) is 5.22. The SMILES string of the molecule is COC(=O)Cc1cnc([N+](=O)[O-])c(OC(F)(F)F)c1OC. The van der Waals surface area contributed by atoms with Gasteiger partial charge in [-0.15, -0.1) is 13.2 Å². The number of hydrogen-bond acceptors (Lipinski definition) is 7. The fourth-order valence-electron chi connectivity index (χ4n) is 1.42. The molecule has 0 aliphatic heterocycles. The van der Waals surface area contributed by atoms with E-state index in [4.69, 9.17) is 0 Å². The molecule has 0 bridgehead atoms. The number of nitro groups is 1. The van der Waals surface area contributed by atoms with Crippen LogP contribution in [0.4, 0.5) is 19.0 Å². The van der Waals surface area contributed by atoms with Crippen LogP contribution in [-0.2, 0) is 16.0 Å². The van der Waals surface area contributed by atoms with E-state index in [2.05, 4.69) is 19.2 Å². The zero-order valence-corrected chi connectivity index (χ0v) is 10.8. The summed E-state index contributed by atoms with van der Waals surface area (Å²) in [4.78, 5) is 24.0. The highest BCUT2D eigenvalue weighted by Crippen LogP contribution is 2.41. The number of hydrogen-bond donors (Lipinski definition) is 0. The van der Waals surface area contributed by atoms with Crippen molar-refractivity contribution in [3.05, 3.63) is 21.9 Å². The molecule has 0 saturated carbocycles. The summed E-state index contributed by atoms with van der Waals surface area (Å²) in [6, 6.07) is 0. The molecule has 0 radical (unpaired) electrons. The summed E-state index contributed by atoms with van der Waals surface area (Å²) in [5, 5.41) is 10.7. The topological polar surface area (TPSA) is 101 Å². The van der Waals surface area contributed by atoms with Gasteiger partial charge in [0.25, 0.3) is 5.75 Å². The summed E-state index contributed by atoms with van der Waals surface area (Å²) in [5.74, 6) is -3.81. The van der Waals surface area contributed by atoms with Gasteiger partial charge in [-0.05, 0) is 9.91 Å². The lowest BCUT2D eigenvalue weighted by molar-refractivity contribution is -0.393. The summed E-state index contributed by atoms with van der Waals surface area (Å²) < 4.78 is 49.7. The van der Waals surface area contributed by atoms with Gasteiger partial charge < -0.3 is 24.3 Å². The molecule has 0 saturated heterocycles. The van der Waals surface area contributed by atoms with Crippen molar-refractivity contribution in [2.45, 2.75) is 12.8 Å². The zero-order chi connectivity index (χ0) is 16.2. The normalized spacial score (nSPS) is 10.9. The molecule has 0 fully saturated rings. The fraction of sp³-hybridized carbons (Fsp3) is 0.400. The second kappa shape index (κ2) is 6.24. The number of methoxy groups -OCH3 is 2. The third-order valence-corrected chi connectivity index (χ3v) is 2.20. The fourth-order valence-corrected chi connectivity index (χ4v) is 1.42. The Morgan fingerprint density at radius 2 is 2.00 bits per heavy atom. The lowest BCUT2D eigenvalue weighted by atomic mass is 10.2. The van der Waals surface area contributed by atoms with Crippen LogP contribution < -0.4 is 9.47 Å². The first-order chi connectivity index (χ1) is 9.69. The number of halogens is 3. The van der Waals surface area contributed by atoms with Crippen molar-refractivity contribution in [1.29, 1.82) is 0 Å². The average molecular weight is 310 g/mol. The highest BCUT2D eigenvalue weighted by molar-refractivity contribution is 5.74. The maximum absolute atomic E-state index is 12.3. The van der Waals surface area contributed by atoms with Gasteiger partial charge in [-0.1, -0.05) is 0 Å². The second-order valence-corrected chi connectivity index (χ2v) is 3.53. The summed E-state index contributed by atoms with van der Waals surface area (Å²) >= 11 is 0. The monoisotopic (exact) mass is 310 g/mol. The summed E-state index contributed by atoms with van der Waals surface area (Å²) in [5.41, 5.74) is -0.144. The van der Waals surface area contributed by atoms with E-state index >= 15 is 0 Å². The maximum atomic E-state index is 12.3. The van der Waals surface area contributed by atoms with Gasteiger partial charge in [0, 0.05) is 0 Å². The van der Waals surface area contributed by atoms with Crippen LogP contribution in [0.25, 0.3) is 0 Å². The molecule has 1 rings (SSSR count). The number of carbonyl (C=O) groups is 1. The molecule has 0 aromatic carbocycles. The molecule has 0 spiro atoms. The highest BCUT2D eigenvalue weighted by atomic mass is 19.4. The van der Waals surface area contributed by atoms with Crippen molar-refractivity contribution < 1.29 is 37.1 Å². The van der Waals surface area contributed by atoms with Gasteiger partial charge in [0.2, 0.25) is 0 Å². The van der Waals surface area contributed by atoms with E-state index in [-0.39, 0.29) is 5.56 Å². The first-order valence-corrected chi connectivity index (χ1v) is 5.22. The third kappa shape index (κ3) is 4.19. The van der Waals surface area contributed by atoms with Crippen molar-refractivity contribution in [2.75, 3.05) is 14.2 Å². The molecule has 8 nitrogen and oxygen atoms in total. The molecule has 11 heteroatoms. The minimum absolute atomic E-state index is 0.144. The summed E-state index contributed by atoms with van der Waals surface area (Å²) in [7, 11) is 2.05. The van der Waals surface area contributed by atoms with Gasteiger partial charge in [-0.25, -0.2) is 0 Å². The van der Waals surface area contributed by atoms with Crippen molar-refractivity contribution in [3.8, 4) is 11.5 Å². The third-order valence-electron chi connectivity index (χ3n) is 2.20. The smallest absolute Gasteiger partial charge is 0.492 e. The summed E-state index contributed by atoms with van der Waals surface area (Å²) in [6.07, 6.45) is -4.83. The average Bonchev–Trinajstić information content (AvgIpc) is 2.36. The van der Waals surface area contributed by atoms with Crippen molar-refractivity contribution >= 4 is 11.8 Å². The predicted octanol–water partition coefficient (Wildman–Crippen LogP) is 1.61. The lowest BCUT2D eigenvalue weighted by Gasteiger charge is -2.14. The van der Waals surface area contributed by atoms with Gasteiger partial charge >= 0.3 is 18.1 Å². The quantitative estimate of drug-likeness (QED) is 0.462. The minimum atomic E-state index is -5.19. The zero-order valence-electron chi connectivity index (χ0n) is 10.8. The van der Waals surface area contributed by atoms with E-state index in [0.717, 1.165) is 20.4 Å². The number of esters is 1. The molecule has 21 heavy (non-hydrogen) atoms. The largest absolute Gasteiger partial charge is 0.573 e. The standard InChI is InChI=1S/C10H9F3N2O6/c1-19-6(16)3-5-4-14-9(15(17)18)8(7(5)20-2)21-10(11,12)13/h4H,3H2,1-2H3. The van der Waals surface area contributed by atoms with Gasteiger partial charge in [0.15, 0.2) is 5.75 Å². The molecule has 0 aliphatic carbocycles. The Hall–Kier alpha value is -2.59. The number of ether oxygens (including phenoxy) is 3. The van der Waals surface area contributed by atoms with Crippen LogP contribution in [0.1, 0.15) is 5.56 Å². The molecule has 116 valence electrons. The maximum Gasteiger partial charge on any atom is 0.573 e. The molecular weight excluding hydrogens is 301 g/mol. The minimum Gasteiger partial charge on any atom is -0.492 e. The van der Waals surface area contributed by atoms with Crippen LogP contribution in [0.2, 0.25) is 0 Å². The Balaban J connectivity index is 3.41. The molecule has 0 atom stereocenters. The van der Waals surface area contributed by atoms with Gasteiger partial charge in [-0.3, -0.25) is 4.79 Å². The van der Waals surface area contributed by atoms with E-state index in [9.17, 15) is 28.1 Å². The van der Waals surface area contributed by atoms with Crippen molar-refractivity contribution in [1.82, 2.24) is 4.98 Å². The Bertz CT molecular complexity index is 560. The molecular formula is C10H9F3N2O6. The molecule has 0 amide bonds. The van der Waals surface area contributed by atoms with E-state index in [0.29, 0.717) is 0 Å². The predicted molar refractivity (Wildman–Crippen MR) is 59.8 cm³/mol. The number of alkyl halides is 3. The van der Waals surface area contributed by atoms with E-state index in [1.54, 1.807) is 0 Å². The highest BCUT2D eigenvalue weighted by Gasteiger charge is 2.38. The molecule has 1 aromatic heterocycles. The Kier molecular flexibility index (Phi) is 4.89. The first kappa shape index (κ1) is 16.5. The number of pyridine rings is 1. The van der Waals surface area contributed by atoms with Gasteiger partial charge in [-0.2, -0.15) is 0 Å². The molecule has 0 unspecified atom stereocenters. The molecule has 0 N–H and O–H groups in total. The van der Waals surface area contributed by atoms with E-state index in [1.165, 1.54) is 0 Å². The van der Waals surface area contributed by atoms with Crippen molar-refractivity contribution in [3.63, 3.8) is 0 Å². The summed E-state index contributed by atoms with van der Waals surface area (Å²) in [6.45, 7) is 0. The van der Waals surface area contributed by atoms with Crippen LogP contribution in [0.3, 0.4) is 0 Å². The van der Waals surface area contributed by atoms with E-state index in [1.807, 2.05) is 0 Å². The number of carbonyl (C=O) groups excluding carboxylic acids is 1. The number of nitrogens with zero attached hydrogens (tertiary/aromatic N) is 2. The second-order valence-electron chi connectivity index (χ2n) is 3.53. The number of rotatable bonds is 5. The van der Waals surface area contributed by atoms with Gasteiger partial charge in [0.05, 0.1) is 26.2 Å². The lowest BCUT2D eigenvalue weighted by Crippen LogP contribution is -2.19. The number of aromatic nitrogens is 1. The van der Waals surface area contributed by atoms with Crippen LogP contribution in [-0.4, -0.2) is 36.5 Å².